The van der Waals surface area contributed by atoms with Crippen molar-refractivity contribution in [3.63, 3.8) is 0 Å². The maximum atomic E-state index is 12.5. The van der Waals surface area contributed by atoms with Crippen molar-refractivity contribution in [3.8, 4) is 0 Å². The Morgan fingerprint density at radius 1 is 1.23 bits per heavy atom. The van der Waals surface area contributed by atoms with E-state index in [0.717, 1.165) is 69.9 Å². The third-order valence-electron chi connectivity index (χ3n) is 5.82. The standard InChI is InChI=1S/C23H34N6O/c1-3-11-25-21-17-22(27-18-26-21)29-15-9-19(10-16-29)4-5-23(30)28(2)14-8-20-6-12-24-13-7-20/h6-7,12-13,17-19H,3-5,8-11,14-16H2,1-2H3,(H,25,26,27). The highest BCUT2D eigenvalue weighted by atomic mass is 16.2. The quantitative estimate of drug-likeness (QED) is 0.647. The smallest absolute Gasteiger partial charge is 0.222 e. The van der Waals surface area contributed by atoms with Crippen LogP contribution in [-0.4, -0.2) is 59.0 Å². The summed E-state index contributed by atoms with van der Waals surface area (Å²) < 4.78 is 0. The van der Waals surface area contributed by atoms with E-state index in [1.54, 1.807) is 18.7 Å². The molecule has 30 heavy (non-hydrogen) atoms. The van der Waals surface area contributed by atoms with Gasteiger partial charge in [0.05, 0.1) is 0 Å². The van der Waals surface area contributed by atoms with Crippen LogP contribution in [-0.2, 0) is 11.2 Å². The second-order valence-electron chi connectivity index (χ2n) is 8.08. The minimum Gasteiger partial charge on any atom is -0.370 e. The van der Waals surface area contributed by atoms with E-state index in [9.17, 15) is 4.79 Å². The summed E-state index contributed by atoms with van der Waals surface area (Å²) in [5.41, 5.74) is 1.22. The second-order valence-corrected chi connectivity index (χ2v) is 8.08. The average Bonchev–Trinajstić information content (AvgIpc) is 2.80. The zero-order valence-electron chi connectivity index (χ0n) is 18.3. The van der Waals surface area contributed by atoms with Crippen LogP contribution in [0.25, 0.3) is 0 Å². The first-order chi connectivity index (χ1) is 14.7. The van der Waals surface area contributed by atoms with Gasteiger partial charge in [0.2, 0.25) is 5.91 Å². The molecule has 2 aromatic heterocycles. The average molecular weight is 411 g/mol. The molecule has 7 heteroatoms. The van der Waals surface area contributed by atoms with Crippen molar-refractivity contribution >= 4 is 17.5 Å². The van der Waals surface area contributed by atoms with Gasteiger partial charge in [-0.1, -0.05) is 6.92 Å². The summed E-state index contributed by atoms with van der Waals surface area (Å²) in [5, 5.41) is 3.32. The van der Waals surface area contributed by atoms with Crippen molar-refractivity contribution in [2.45, 2.75) is 45.4 Å². The van der Waals surface area contributed by atoms with Crippen molar-refractivity contribution in [2.75, 3.05) is 43.4 Å². The first-order valence-corrected chi connectivity index (χ1v) is 11.1. The third kappa shape index (κ3) is 6.68. The summed E-state index contributed by atoms with van der Waals surface area (Å²) in [7, 11) is 1.91. The molecule has 1 amide bonds. The number of aromatic nitrogens is 3. The number of nitrogens with zero attached hydrogens (tertiary/aromatic N) is 5. The molecule has 0 aromatic carbocycles. The van der Waals surface area contributed by atoms with Crippen LogP contribution in [0.15, 0.2) is 36.9 Å². The minimum atomic E-state index is 0.244. The van der Waals surface area contributed by atoms with E-state index in [2.05, 4.69) is 32.1 Å². The summed E-state index contributed by atoms with van der Waals surface area (Å²) in [4.78, 5) is 29.5. The number of carbonyl (C=O) groups excluding carboxylic acids is 1. The molecule has 1 fully saturated rings. The Morgan fingerprint density at radius 2 is 2.00 bits per heavy atom. The first kappa shape index (κ1) is 22.0. The van der Waals surface area contributed by atoms with Crippen LogP contribution < -0.4 is 10.2 Å². The lowest BCUT2D eigenvalue weighted by atomic mass is 9.92. The molecule has 3 heterocycles. The summed E-state index contributed by atoms with van der Waals surface area (Å²) in [5.74, 6) is 2.74. The number of hydrogen-bond acceptors (Lipinski definition) is 6. The zero-order chi connectivity index (χ0) is 21.2. The van der Waals surface area contributed by atoms with Gasteiger partial charge in [-0.2, -0.15) is 0 Å². The van der Waals surface area contributed by atoms with Crippen molar-refractivity contribution in [1.29, 1.82) is 0 Å². The molecule has 1 aliphatic heterocycles. The van der Waals surface area contributed by atoms with Crippen LogP contribution in [0.3, 0.4) is 0 Å². The number of carbonyl (C=O) groups is 1. The molecule has 162 valence electrons. The van der Waals surface area contributed by atoms with Crippen LogP contribution in [0, 0.1) is 5.92 Å². The number of likely N-dealkylation sites (N-methyl/N-ethyl adjacent to an activating group) is 1. The Hall–Kier alpha value is -2.70. The predicted octanol–water partition coefficient (Wildman–Crippen LogP) is 3.39. The van der Waals surface area contributed by atoms with Gasteiger partial charge < -0.3 is 15.1 Å². The molecule has 7 nitrogen and oxygen atoms in total. The maximum absolute atomic E-state index is 12.5. The Kier molecular flexibility index (Phi) is 8.41. The molecule has 1 saturated heterocycles. The van der Waals surface area contributed by atoms with Gasteiger partial charge in [0.1, 0.15) is 18.0 Å². The molecule has 0 saturated carbocycles. The van der Waals surface area contributed by atoms with Gasteiger partial charge in [-0.3, -0.25) is 9.78 Å². The van der Waals surface area contributed by atoms with Crippen LogP contribution in [0.5, 0.6) is 0 Å². The van der Waals surface area contributed by atoms with E-state index in [1.165, 1.54) is 5.56 Å². The highest BCUT2D eigenvalue weighted by Crippen LogP contribution is 2.26. The Labute approximate surface area is 179 Å². The highest BCUT2D eigenvalue weighted by Gasteiger charge is 2.22. The van der Waals surface area contributed by atoms with Gasteiger partial charge in [0, 0.05) is 58.1 Å². The third-order valence-corrected chi connectivity index (χ3v) is 5.82. The number of nitrogens with one attached hydrogen (secondary N) is 1. The summed E-state index contributed by atoms with van der Waals surface area (Å²) in [6, 6.07) is 6.05. The first-order valence-electron chi connectivity index (χ1n) is 11.1. The topological polar surface area (TPSA) is 74.2 Å². The second kappa shape index (κ2) is 11.5. The van der Waals surface area contributed by atoms with Crippen molar-refractivity contribution in [2.24, 2.45) is 5.92 Å². The zero-order valence-corrected chi connectivity index (χ0v) is 18.3. The van der Waals surface area contributed by atoms with Crippen LogP contribution >= 0.6 is 0 Å². The molecule has 0 unspecified atom stereocenters. The van der Waals surface area contributed by atoms with E-state index >= 15 is 0 Å². The number of anilines is 2. The monoisotopic (exact) mass is 410 g/mol. The highest BCUT2D eigenvalue weighted by molar-refractivity contribution is 5.75. The number of hydrogen-bond donors (Lipinski definition) is 1. The lowest BCUT2D eigenvalue weighted by Gasteiger charge is -2.33. The van der Waals surface area contributed by atoms with Gasteiger partial charge in [0.15, 0.2) is 0 Å². The van der Waals surface area contributed by atoms with Crippen molar-refractivity contribution in [3.05, 3.63) is 42.5 Å². The summed E-state index contributed by atoms with van der Waals surface area (Å²) in [6.07, 6.45) is 11.0. The molecule has 0 bridgehead atoms. The fourth-order valence-electron chi connectivity index (χ4n) is 3.81. The number of amides is 1. The molecule has 0 atom stereocenters. The molecule has 1 aliphatic rings. The molecule has 0 aliphatic carbocycles. The number of rotatable bonds is 10. The van der Waals surface area contributed by atoms with E-state index in [4.69, 9.17) is 0 Å². The van der Waals surface area contributed by atoms with Crippen LogP contribution in [0.4, 0.5) is 11.6 Å². The van der Waals surface area contributed by atoms with E-state index < -0.39 is 0 Å². The lowest BCUT2D eigenvalue weighted by Crippen LogP contribution is -2.35. The number of piperidine rings is 1. The largest absolute Gasteiger partial charge is 0.370 e. The maximum Gasteiger partial charge on any atom is 0.222 e. The minimum absolute atomic E-state index is 0.244. The fourth-order valence-corrected chi connectivity index (χ4v) is 3.81. The molecule has 3 rings (SSSR count). The van der Waals surface area contributed by atoms with Gasteiger partial charge in [-0.25, -0.2) is 9.97 Å². The SMILES string of the molecule is CCCNc1cc(N2CCC(CCC(=O)N(C)CCc3ccncc3)CC2)ncn1. The van der Waals surface area contributed by atoms with Gasteiger partial charge >= 0.3 is 0 Å². The molecule has 0 radical (unpaired) electrons. The van der Waals surface area contributed by atoms with Gasteiger partial charge in [-0.05, 0) is 55.7 Å². The lowest BCUT2D eigenvalue weighted by molar-refractivity contribution is -0.130. The number of pyridine rings is 1. The summed E-state index contributed by atoms with van der Waals surface area (Å²) in [6.45, 7) is 5.79. The van der Waals surface area contributed by atoms with Crippen molar-refractivity contribution in [1.82, 2.24) is 19.9 Å². The Balaban J connectivity index is 1.37. The van der Waals surface area contributed by atoms with E-state index in [-0.39, 0.29) is 5.91 Å². The normalized spacial score (nSPS) is 14.5. The fraction of sp³-hybridized carbons (Fsp3) is 0.565. The predicted molar refractivity (Wildman–Crippen MR) is 121 cm³/mol. The van der Waals surface area contributed by atoms with Crippen LogP contribution in [0.1, 0.15) is 44.6 Å². The molecule has 1 N–H and O–H groups in total. The van der Waals surface area contributed by atoms with E-state index in [1.807, 2.05) is 30.1 Å². The van der Waals surface area contributed by atoms with Crippen molar-refractivity contribution < 1.29 is 4.79 Å². The molecule has 2 aromatic rings. The van der Waals surface area contributed by atoms with E-state index in [0.29, 0.717) is 12.3 Å². The van der Waals surface area contributed by atoms with Gasteiger partial charge in [-0.15, -0.1) is 0 Å². The Bertz CT molecular complexity index is 776. The molecular weight excluding hydrogens is 376 g/mol. The van der Waals surface area contributed by atoms with Gasteiger partial charge in [0.25, 0.3) is 0 Å². The summed E-state index contributed by atoms with van der Waals surface area (Å²) >= 11 is 0. The molecule has 0 spiro atoms. The molecular formula is C23H34N6O. The van der Waals surface area contributed by atoms with Crippen LogP contribution in [0.2, 0.25) is 0 Å². The Morgan fingerprint density at radius 3 is 2.73 bits per heavy atom.